The molecule has 5 rings (SSSR count). The molecular weight excluding hydrogens is 552 g/mol. The third-order valence-electron chi connectivity index (χ3n) is 7.58. The van der Waals surface area contributed by atoms with Crippen molar-refractivity contribution in [1.82, 2.24) is 14.9 Å². The molecule has 2 aromatic heterocycles. The molecule has 3 heterocycles. The van der Waals surface area contributed by atoms with E-state index in [0.29, 0.717) is 23.0 Å². The fourth-order valence-electron chi connectivity index (χ4n) is 5.55. The number of anilines is 2. The van der Waals surface area contributed by atoms with Crippen LogP contribution in [0, 0.1) is 30.9 Å². The second kappa shape index (κ2) is 11.6. The lowest BCUT2D eigenvalue weighted by Crippen LogP contribution is -2.29. The Morgan fingerprint density at radius 2 is 1.93 bits per heavy atom. The fraction of sp³-hybridized carbons (Fsp3) is 0.258. The Balaban J connectivity index is 1.67. The third-order valence-corrected chi connectivity index (χ3v) is 7.90. The van der Waals surface area contributed by atoms with Crippen LogP contribution in [0.5, 0.6) is 5.75 Å². The lowest BCUT2D eigenvalue weighted by molar-refractivity contribution is -0.384. The number of aryl methyl sites for hydroxylation is 2. The molecule has 2 unspecified atom stereocenters. The van der Waals surface area contributed by atoms with Gasteiger partial charge in [-0.3, -0.25) is 19.9 Å². The predicted molar refractivity (Wildman–Crippen MR) is 166 cm³/mol. The highest BCUT2D eigenvalue weighted by molar-refractivity contribution is 7.80. The summed E-state index contributed by atoms with van der Waals surface area (Å²) in [4.78, 5) is 30.0. The Kier molecular flexibility index (Phi) is 7.95. The van der Waals surface area contributed by atoms with E-state index in [-0.39, 0.29) is 23.7 Å². The number of nitro benzene ring substituents is 1. The first-order valence-corrected chi connectivity index (χ1v) is 14.0. The van der Waals surface area contributed by atoms with Crippen molar-refractivity contribution < 1.29 is 14.5 Å². The van der Waals surface area contributed by atoms with Crippen LogP contribution in [0.25, 0.3) is 5.69 Å². The minimum absolute atomic E-state index is 0.0257. The lowest BCUT2D eigenvalue weighted by Gasteiger charge is -2.29. The first-order valence-electron chi connectivity index (χ1n) is 13.6. The smallest absolute Gasteiger partial charge is 0.271 e. The van der Waals surface area contributed by atoms with Crippen LogP contribution in [-0.2, 0) is 4.79 Å². The predicted octanol–water partition coefficient (Wildman–Crippen LogP) is 6.24. The maximum absolute atomic E-state index is 12.0. The van der Waals surface area contributed by atoms with E-state index in [1.807, 2.05) is 68.7 Å². The third kappa shape index (κ3) is 5.18. The van der Waals surface area contributed by atoms with E-state index in [1.54, 1.807) is 19.4 Å². The van der Waals surface area contributed by atoms with Gasteiger partial charge in [0, 0.05) is 47.5 Å². The van der Waals surface area contributed by atoms with Crippen LogP contribution in [0.2, 0.25) is 0 Å². The van der Waals surface area contributed by atoms with Gasteiger partial charge in [-0.2, -0.15) is 0 Å². The van der Waals surface area contributed by atoms with Crippen LogP contribution in [-0.4, -0.2) is 32.6 Å². The number of carbonyl (C=O) groups is 1. The van der Waals surface area contributed by atoms with Gasteiger partial charge in [-0.15, -0.1) is 0 Å². The van der Waals surface area contributed by atoms with Crippen molar-refractivity contribution in [2.45, 2.75) is 46.2 Å². The molecule has 2 atom stereocenters. The molecule has 2 N–H and O–H groups in total. The Bertz CT molecular complexity index is 1690. The maximum Gasteiger partial charge on any atom is 0.271 e. The van der Waals surface area contributed by atoms with Gasteiger partial charge in [0.25, 0.3) is 5.69 Å². The molecule has 1 aliphatic heterocycles. The Labute approximate surface area is 249 Å². The number of hydrogen-bond acceptors (Lipinski definition) is 6. The van der Waals surface area contributed by atoms with Gasteiger partial charge in [0.15, 0.2) is 5.11 Å². The van der Waals surface area contributed by atoms with Crippen molar-refractivity contribution in [3.8, 4) is 11.4 Å². The van der Waals surface area contributed by atoms with Crippen LogP contribution < -0.4 is 20.3 Å². The lowest BCUT2D eigenvalue weighted by atomic mass is 9.96. The van der Waals surface area contributed by atoms with E-state index in [2.05, 4.69) is 26.6 Å². The molecule has 11 heteroatoms. The summed E-state index contributed by atoms with van der Waals surface area (Å²) in [7, 11) is 1.55. The number of nitrogens with one attached hydrogen (secondary N) is 2. The molecule has 0 aliphatic carbocycles. The van der Waals surface area contributed by atoms with Crippen LogP contribution in [0.1, 0.15) is 53.6 Å². The first kappa shape index (κ1) is 28.7. The van der Waals surface area contributed by atoms with E-state index in [4.69, 9.17) is 17.0 Å². The summed E-state index contributed by atoms with van der Waals surface area (Å²) in [6.07, 6.45) is 2.15. The molecule has 1 amide bonds. The molecular formula is C31H32N6O4S. The number of pyridine rings is 1. The van der Waals surface area contributed by atoms with Crippen molar-refractivity contribution in [1.29, 1.82) is 0 Å². The normalized spacial score (nSPS) is 16.3. The van der Waals surface area contributed by atoms with E-state index < -0.39 is 4.92 Å². The number of aromatic nitrogens is 2. The molecule has 10 nitrogen and oxygen atoms in total. The van der Waals surface area contributed by atoms with Gasteiger partial charge < -0.3 is 24.8 Å². The number of ether oxygens (including phenoxy) is 1. The monoisotopic (exact) mass is 584 g/mol. The summed E-state index contributed by atoms with van der Waals surface area (Å²) in [5.41, 5.74) is 6.64. The number of benzene rings is 2. The van der Waals surface area contributed by atoms with E-state index in [9.17, 15) is 14.9 Å². The van der Waals surface area contributed by atoms with Gasteiger partial charge in [0.1, 0.15) is 5.75 Å². The number of nitrogens with zero attached hydrogens (tertiary/aromatic N) is 4. The molecule has 0 radical (unpaired) electrons. The number of methoxy groups -OCH3 is 1. The highest BCUT2D eigenvalue weighted by Crippen LogP contribution is 2.45. The molecule has 1 saturated heterocycles. The Morgan fingerprint density at radius 3 is 2.57 bits per heavy atom. The van der Waals surface area contributed by atoms with E-state index >= 15 is 0 Å². The summed E-state index contributed by atoms with van der Waals surface area (Å²) >= 11 is 5.92. The van der Waals surface area contributed by atoms with Gasteiger partial charge in [0.2, 0.25) is 5.91 Å². The highest BCUT2D eigenvalue weighted by Gasteiger charge is 2.42. The molecule has 0 saturated carbocycles. The maximum atomic E-state index is 12.0. The molecule has 42 heavy (non-hydrogen) atoms. The van der Waals surface area contributed by atoms with Gasteiger partial charge in [-0.25, -0.2) is 0 Å². The van der Waals surface area contributed by atoms with Crippen molar-refractivity contribution in [3.63, 3.8) is 0 Å². The standard InChI is InChI=1S/C31H32N6O4S/c1-6-28(38)33-24-12-10-21(15-18(24)2)36-30(29(34-31(36)42)25-9-7-8-14-32-25)23-16-19(3)35(20(23)4)26-17-22(37(39)40)11-13-27(26)41-5/h7-17,29-30H,6H2,1-5H3,(H,33,38)(H,34,42). The van der Waals surface area contributed by atoms with Gasteiger partial charge in [-0.1, -0.05) is 13.0 Å². The fourth-order valence-corrected chi connectivity index (χ4v) is 5.90. The van der Waals surface area contributed by atoms with E-state index in [1.165, 1.54) is 12.1 Å². The molecule has 2 aromatic carbocycles. The molecule has 0 bridgehead atoms. The second-order valence-electron chi connectivity index (χ2n) is 10.2. The molecule has 4 aromatic rings. The van der Waals surface area contributed by atoms with Gasteiger partial charge in [-0.05, 0) is 86.6 Å². The van der Waals surface area contributed by atoms with E-state index in [0.717, 1.165) is 39.6 Å². The zero-order valence-electron chi connectivity index (χ0n) is 24.0. The SMILES string of the molecule is CCC(=O)Nc1ccc(N2C(=S)NC(c3ccccn3)C2c2cc(C)n(-c3cc([N+](=O)[O-])ccc3OC)c2C)cc1C. The average Bonchev–Trinajstić information content (AvgIpc) is 3.48. The van der Waals surface area contributed by atoms with Crippen molar-refractivity contribution >= 4 is 40.3 Å². The summed E-state index contributed by atoms with van der Waals surface area (Å²) < 4.78 is 7.59. The van der Waals surface area contributed by atoms with Crippen molar-refractivity contribution in [2.24, 2.45) is 0 Å². The zero-order chi connectivity index (χ0) is 30.1. The van der Waals surface area contributed by atoms with Gasteiger partial charge in [0.05, 0.1) is 35.5 Å². The number of carbonyl (C=O) groups excluding carboxylic acids is 1. The number of rotatable bonds is 8. The summed E-state index contributed by atoms with van der Waals surface area (Å²) in [6.45, 7) is 7.72. The minimum Gasteiger partial charge on any atom is -0.495 e. The number of nitro groups is 1. The van der Waals surface area contributed by atoms with Crippen LogP contribution >= 0.6 is 12.2 Å². The van der Waals surface area contributed by atoms with Gasteiger partial charge >= 0.3 is 0 Å². The molecule has 216 valence electrons. The molecule has 1 fully saturated rings. The van der Waals surface area contributed by atoms with Crippen molar-refractivity contribution in [2.75, 3.05) is 17.3 Å². The zero-order valence-corrected chi connectivity index (χ0v) is 24.9. The summed E-state index contributed by atoms with van der Waals surface area (Å²) in [6, 6.07) is 17.7. The summed E-state index contributed by atoms with van der Waals surface area (Å²) in [5, 5.41) is 18.6. The second-order valence-corrected chi connectivity index (χ2v) is 10.6. The molecule has 0 spiro atoms. The number of amides is 1. The number of non-ortho nitro benzene ring substituents is 1. The van der Waals surface area contributed by atoms with Crippen LogP contribution in [0.15, 0.2) is 66.9 Å². The molecule has 1 aliphatic rings. The number of hydrogen-bond donors (Lipinski definition) is 2. The Morgan fingerprint density at radius 1 is 1.14 bits per heavy atom. The summed E-state index contributed by atoms with van der Waals surface area (Å²) in [5.74, 6) is 0.466. The topological polar surface area (TPSA) is 115 Å². The van der Waals surface area contributed by atoms with Crippen LogP contribution in [0.4, 0.5) is 17.1 Å². The number of thiocarbonyl (C=S) groups is 1. The highest BCUT2D eigenvalue weighted by atomic mass is 32.1. The Hall–Kier alpha value is -4.77. The quantitative estimate of drug-likeness (QED) is 0.142. The largest absolute Gasteiger partial charge is 0.495 e. The average molecular weight is 585 g/mol. The van der Waals surface area contributed by atoms with Crippen LogP contribution in [0.3, 0.4) is 0 Å². The first-order chi connectivity index (χ1) is 20.1. The van der Waals surface area contributed by atoms with Crippen molar-refractivity contribution in [3.05, 3.63) is 105 Å². The minimum atomic E-state index is -0.412.